The van der Waals surface area contributed by atoms with Crippen LogP contribution in [0.15, 0.2) is 30.5 Å². The van der Waals surface area contributed by atoms with Gasteiger partial charge in [0.2, 0.25) is 10.0 Å². The van der Waals surface area contributed by atoms with Crippen molar-refractivity contribution in [2.75, 3.05) is 6.54 Å². The number of aromatic nitrogens is 1. The van der Waals surface area contributed by atoms with Crippen molar-refractivity contribution >= 4 is 21.4 Å². The van der Waals surface area contributed by atoms with E-state index in [0.29, 0.717) is 18.5 Å². The third kappa shape index (κ3) is 4.66. The minimum Gasteiger partial charge on any atom is -0.249 e. The molecule has 7 heteroatoms. The van der Waals surface area contributed by atoms with Crippen LogP contribution in [-0.2, 0) is 22.2 Å². The summed E-state index contributed by atoms with van der Waals surface area (Å²) in [5, 5.41) is 0.899. The fourth-order valence-corrected chi connectivity index (χ4v) is 3.65. The number of hydrogen-bond acceptors (Lipinski definition) is 4. The van der Waals surface area contributed by atoms with Crippen molar-refractivity contribution in [1.82, 2.24) is 9.71 Å². The zero-order valence-corrected chi connectivity index (χ0v) is 12.6. The third-order valence-electron chi connectivity index (χ3n) is 2.58. The Morgan fingerprint density at radius 2 is 2.20 bits per heavy atom. The van der Waals surface area contributed by atoms with Gasteiger partial charge in [0.25, 0.3) is 0 Å². The molecule has 1 heterocycles. The lowest BCUT2D eigenvalue weighted by molar-refractivity contribution is 0.580. The first kappa shape index (κ1) is 15.1. The molecule has 0 bridgehead atoms. The van der Waals surface area contributed by atoms with Crippen LogP contribution in [0, 0.1) is 12.7 Å². The van der Waals surface area contributed by atoms with Gasteiger partial charge in [0.1, 0.15) is 5.82 Å². The summed E-state index contributed by atoms with van der Waals surface area (Å²) in [6.07, 6.45) is 2.32. The normalized spacial score (nSPS) is 11.7. The van der Waals surface area contributed by atoms with E-state index in [-0.39, 0.29) is 5.75 Å². The lowest BCUT2D eigenvalue weighted by Crippen LogP contribution is -2.27. The number of hydrogen-bond donors (Lipinski definition) is 1. The molecule has 0 aliphatic carbocycles. The van der Waals surface area contributed by atoms with E-state index in [1.54, 1.807) is 23.6 Å². The van der Waals surface area contributed by atoms with Crippen LogP contribution in [0.25, 0.3) is 0 Å². The number of sulfonamides is 1. The zero-order chi connectivity index (χ0) is 14.6. The molecule has 0 saturated heterocycles. The molecular weight excluding hydrogens is 299 g/mol. The third-order valence-corrected chi connectivity index (χ3v) is 4.91. The first-order valence-corrected chi connectivity index (χ1v) is 8.54. The SMILES string of the molecule is Cc1cnc(CCNS(=O)(=O)Cc2cccc(F)c2)s1. The molecule has 0 aliphatic heterocycles. The van der Waals surface area contributed by atoms with Gasteiger partial charge >= 0.3 is 0 Å². The number of benzene rings is 1. The Bertz CT molecular complexity index is 683. The van der Waals surface area contributed by atoms with Gasteiger partial charge in [0.15, 0.2) is 0 Å². The van der Waals surface area contributed by atoms with Crippen LogP contribution >= 0.6 is 11.3 Å². The molecule has 0 aliphatic rings. The molecule has 0 spiro atoms. The van der Waals surface area contributed by atoms with Gasteiger partial charge in [0, 0.05) is 24.0 Å². The molecule has 1 N–H and O–H groups in total. The molecule has 0 unspecified atom stereocenters. The number of rotatable bonds is 6. The maximum Gasteiger partial charge on any atom is 0.215 e. The lowest BCUT2D eigenvalue weighted by atomic mass is 10.2. The molecule has 1 aromatic heterocycles. The number of halogens is 1. The maximum atomic E-state index is 13.0. The van der Waals surface area contributed by atoms with Crippen LogP contribution in [0.1, 0.15) is 15.4 Å². The van der Waals surface area contributed by atoms with Crippen molar-refractivity contribution in [3.8, 4) is 0 Å². The summed E-state index contributed by atoms with van der Waals surface area (Å²) in [6, 6.07) is 5.60. The highest BCUT2D eigenvalue weighted by Gasteiger charge is 2.11. The second kappa shape index (κ2) is 6.43. The summed E-state index contributed by atoms with van der Waals surface area (Å²) < 4.78 is 39.2. The summed E-state index contributed by atoms with van der Waals surface area (Å²) in [6.45, 7) is 2.25. The molecule has 0 fully saturated rings. The highest BCUT2D eigenvalue weighted by atomic mass is 32.2. The van der Waals surface area contributed by atoms with E-state index in [2.05, 4.69) is 9.71 Å². The van der Waals surface area contributed by atoms with E-state index in [1.807, 2.05) is 6.92 Å². The molecule has 20 heavy (non-hydrogen) atoms. The Morgan fingerprint density at radius 3 is 2.85 bits per heavy atom. The van der Waals surface area contributed by atoms with Gasteiger partial charge in [-0.2, -0.15) is 0 Å². The standard InChI is InChI=1S/C13H15FN2O2S2/c1-10-8-15-13(19-10)5-6-16-20(17,18)9-11-3-2-4-12(14)7-11/h2-4,7-8,16H,5-6,9H2,1H3. The average Bonchev–Trinajstić information content (AvgIpc) is 2.74. The summed E-state index contributed by atoms with van der Waals surface area (Å²) >= 11 is 1.55. The minimum absolute atomic E-state index is 0.221. The highest BCUT2D eigenvalue weighted by Crippen LogP contribution is 2.11. The van der Waals surface area contributed by atoms with Crippen LogP contribution in [0.4, 0.5) is 4.39 Å². The second-order valence-electron chi connectivity index (χ2n) is 4.40. The molecule has 0 atom stereocenters. The smallest absolute Gasteiger partial charge is 0.215 e. The van der Waals surface area contributed by atoms with Crippen molar-refractivity contribution < 1.29 is 12.8 Å². The molecule has 2 aromatic rings. The van der Waals surface area contributed by atoms with E-state index in [9.17, 15) is 12.8 Å². The fourth-order valence-electron chi connectivity index (χ4n) is 1.73. The fraction of sp³-hybridized carbons (Fsp3) is 0.308. The van der Waals surface area contributed by atoms with Crippen LogP contribution in [0.5, 0.6) is 0 Å². The first-order valence-electron chi connectivity index (χ1n) is 6.08. The van der Waals surface area contributed by atoms with Crippen LogP contribution in [0.3, 0.4) is 0 Å². The van der Waals surface area contributed by atoms with E-state index < -0.39 is 15.8 Å². The first-order chi connectivity index (χ1) is 9.44. The summed E-state index contributed by atoms with van der Waals surface area (Å²) in [5.74, 6) is -0.655. The predicted octanol–water partition coefficient (Wildman–Crippen LogP) is 2.25. The van der Waals surface area contributed by atoms with Gasteiger partial charge in [-0.15, -0.1) is 11.3 Å². The van der Waals surface area contributed by atoms with Gasteiger partial charge in [-0.05, 0) is 24.6 Å². The Labute approximate surface area is 121 Å². The van der Waals surface area contributed by atoms with E-state index in [4.69, 9.17) is 0 Å². The molecule has 2 rings (SSSR count). The largest absolute Gasteiger partial charge is 0.249 e. The van der Waals surface area contributed by atoms with Crippen LogP contribution in [-0.4, -0.2) is 19.9 Å². The van der Waals surface area contributed by atoms with Gasteiger partial charge in [-0.3, -0.25) is 0 Å². The number of nitrogens with one attached hydrogen (secondary N) is 1. The highest BCUT2D eigenvalue weighted by molar-refractivity contribution is 7.88. The Morgan fingerprint density at radius 1 is 1.40 bits per heavy atom. The van der Waals surface area contributed by atoms with E-state index >= 15 is 0 Å². The van der Waals surface area contributed by atoms with E-state index in [0.717, 1.165) is 9.88 Å². The molecule has 108 valence electrons. The van der Waals surface area contributed by atoms with Gasteiger partial charge in [0.05, 0.1) is 10.8 Å². The summed E-state index contributed by atoms with van der Waals surface area (Å²) in [7, 11) is -3.45. The predicted molar refractivity (Wildman–Crippen MR) is 77.6 cm³/mol. The van der Waals surface area contributed by atoms with Gasteiger partial charge in [-0.25, -0.2) is 22.5 Å². The van der Waals surface area contributed by atoms with Crippen molar-refractivity contribution in [3.05, 3.63) is 51.7 Å². The average molecular weight is 314 g/mol. The Balaban J connectivity index is 1.88. The molecule has 4 nitrogen and oxygen atoms in total. The second-order valence-corrected chi connectivity index (χ2v) is 7.52. The number of nitrogens with zero attached hydrogens (tertiary/aromatic N) is 1. The summed E-state index contributed by atoms with van der Waals surface area (Å²) in [5.41, 5.74) is 0.433. The topological polar surface area (TPSA) is 59.1 Å². The Hall–Kier alpha value is -1.31. The molecule has 0 radical (unpaired) electrons. The monoisotopic (exact) mass is 314 g/mol. The molecular formula is C13H15FN2O2S2. The minimum atomic E-state index is -3.45. The van der Waals surface area contributed by atoms with Crippen molar-refractivity contribution in [2.24, 2.45) is 0 Å². The van der Waals surface area contributed by atoms with Crippen molar-refractivity contribution in [1.29, 1.82) is 0 Å². The summed E-state index contributed by atoms with van der Waals surface area (Å²) in [4.78, 5) is 5.26. The van der Waals surface area contributed by atoms with Crippen LogP contribution < -0.4 is 4.72 Å². The van der Waals surface area contributed by atoms with Crippen molar-refractivity contribution in [3.63, 3.8) is 0 Å². The quantitative estimate of drug-likeness (QED) is 0.889. The number of thiazole rings is 1. The van der Waals surface area contributed by atoms with Crippen LogP contribution in [0.2, 0.25) is 0 Å². The zero-order valence-electron chi connectivity index (χ0n) is 11.0. The van der Waals surface area contributed by atoms with Gasteiger partial charge < -0.3 is 0 Å². The maximum absolute atomic E-state index is 13.0. The van der Waals surface area contributed by atoms with E-state index in [1.165, 1.54) is 18.2 Å². The lowest BCUT2D eigenvalue weighted by Gasteiger charge is -2.06. The van der Waals surface area contributed by atoms with Gasteiger partial charge in [-0.1, -0.05) is 12.1 Å². The number of aryl methyl sites for hydroxylation is 1. The molecule has 0 amide bonds. The molecule has 0 saturated carbocycles. The Kier molecular flexibility index (Phi) is 4.85. The van der Waals surface area contributed by atoms with Crippen molar-refractivity contribution in [2.45, 2.75) is 19.1 Å². The molecule has 1 aromatic carbocycles.